The third kappa shape index (κ3) is 3.45. The van der Waals surface area contributed by atoms with E-state index in [1.54, 1.807) is 11.6 Å². The Morgan fingerprint density at radius 3 is 2.69 bits per heavy atom. The Morgan fingerprint density at radius 2 is 2.12 bits per heavy atom. The van der Waals surface area contributed by atoms with E-state index in [1.807, 2.05) is 0 Å². The lowest BCUT2D eigenvalue weighted by molar-refractivity contribution is 0.0902. The van der Waals surface area contributed by atoms with Crippen molar-refractivity contribution >= 4 is 15.9 Å². The molecule has 1 aromatic carbocycles. The maximum absolute atomic E-state index is 13.9. The third-order valence-corrected chi connectivity index (χ3v) is 5.40. The molecule has 1 fully saturated rings. The molecular weight excluding hydrogens is 365 g/mol. The average molecular weight is 383 g/mol. The topological polar surface area (TPSA) is 140 Å². The molecule has 0 radical (unpaired) electrons. The summed E-state index contributed by atoms with van der Waals surface area (Å²) in [5.41, 5.74) is -0.374. The highest BCUT2D eigenvalue weighted by Crippen LogP contribution is 2.36. The van der Waals surface area contributed by atoms with Gasteiger partial charge < -0.3 is 15.0 Å². The number of aliphatic hydroxyl groups is 1. The van der Waals surface area contributed by atoms with Gasteiger partial charge in [-0.2, -0.15) is 0 Å². The molecule has 1 amide bonds. The van der Waals surface area contributed by atoms with Crippen molar-refractivity contribution in [2.75, 3.05) is 0 Å². The van der Waals surface area contributed by atoms with E-state index in [2.05, 4.69) is 15.5 Å². The normalized spacial score (nSPS) is 19.8. The molecule has 0 saturated heterocycles. The molecule has 11 heteroatoms. The van der Waals surface area contributed by atoms with Crippen LogP contribution in [0.25, 0.3) is 0 Å². The van der Waals surface area contributed by atoms with Gasteiger partial charge in [-0.1, -0.05) is 0 Å². The van der Waals surface area contributed by atoms with Gasteiger partial charge in [0.2, 0.25) is 10.0 Å². The van der Waals surface area contributed by atoms with Crippen LogP contribution < -0.4 is 10.5 Å². The van der Waals surface area contributed by atoms with Crippen LogP contribution in [0.5, 0.6) is 0 Å². The minimum absolute atomic E-state index is 0.0682. The number of hydrogen-bond donors (Lipinski definition) is 3. The molecule has 1 saturated carbocycles. The summed E-state index contributed by atoms with van der Waals surface area (Å²) in [4.78, 5) is 11.9. The molecule has 0 bridgehead atoms. The summed E-state index contributed by atoms with van der Waals surface area (Å²) in [6, 6.07) is 2.63. The van der Waals surface area contributed by atoms with E-state index in [4.69, 9.17) is 10.2 Å². The van der Waals surface area contributed by atoms with Crippen LogP contribution in [0.3, 0.4) is 0 Å². The Morgan fingerprint density at radius 1 is 1.42 bits per heavy atom. The Labute approximate surface area is 149 Å². The minimum Gasteiger partial charge on any atom is -0.388 e. The minimum atomic E-state index is -4.03. The number of benzene rings is 1. The van der Waals surface area contributed by atoms with E-state index in [-0.39, 0.29) is 29.0 Å². The summed E-state index contributed by atoms with van der Waals surface area (Å²) < 4.78 is 38.3. The second-order valence-electron chi connectivity index (χ2n) is 6.22. The molecule has 2 aromatic rings. The lowest BCUT2D eigenvalue weighted by Crippen LogP contribution is -2.44. The fraction of sp³-hybridized carbons (Fsp3) is 0.400. The maximum atomic E-state index is 13.9. The van der Waals surface area contributed by atoms with Crippen molar-refractivity contribution in [3.63, 3.8) is 0 Å². The largest absolute Gasteiger partial charge is 0.388 e. The van der Waals surface area contributed by atoms with E-state index in [0.717, 1.165) is 18.2 Å². The van der Waals surface area contributed by atoms with Crippen molar-refractivity contribution in [2.45, 2.75) is 36.3 Å². The Kier molecular flexibility index (Phi) is 4.78. The molecular formula is C15H18FN5O4S. The summed E-state index contributed by atoms with van der Waals surface area (Å²) >= 11 is 0. The van der Waals surface area contributed by atoms with E-state index < -0.39 is 21.7 Å². The van der Waals surface area contributed by atoms with Crippen molar-refractivity contribution < 1.29 is 22.7 Å². The summed E-state index contributed by atoms with van der Waals surface area (Å²) in [6.45, 7) is -0.212. The zero-order valence-corrected chi connectivity index (χ0v) is 14.7. The van der Waals surface area contributed by atoms with Gasteiger partial charge in [-0.15, -0.1) is 10.2 Å². The number of halogens is 1. The van der Waals surface area contributed by atoms with Crippen LogP contribution in [0.15, 0.2) is 23.1 Å². The molecule has 1 heterocycles. The molecule has 0 unspecified atom stereocenters. The van der Waals surface area contributed by atoms with Gasteiger partial charge in [-0.05, 0) is 31.0 Å². The van der Waals surface area contributed by atoms with Gasteiger partial charge in [-0.25, -0.2) is 17.9 Å². The molecule has 0 spiro atoms. The van der Waals surface area contributed by atoms with Gasteiger partial charge in [0.05, 0.1) is 10.5 Å². The summed E-state index contributed by atoms with van der Waals surface area (Å²) in [6.07, 6.45) is 1.17. The number of nitrogens with zero attached hydrogens (tertiary/aromatic N) is 3. The number of nitrogens with one attached hydrogen (secondary N) is 1. The van der Waals surface area contributed by atoms with Crippen LogP contribution in [-0.4, -0.2) is 40.2 Å². The van der Waals surface area contributed by atoms with Gasteiger partial charge in [0, 0.05) is 19.0 Å². The van der Waals surface area contributed by atoms with Gasteiger partial charge in [0.25, 0.3) is 5.91 Å². The van der Waals surface area contributed by atoms with Crippen molar-refractivity contribution in [3.05, 3.63) is 41.2 Å². The van der Waals surface area contributed by atoms with E-state index in [0.29, 0.717) is 24.5 Å². The number of aliphatic hydroxyl groups excluding tert-OH is 1. The number of rotatable bonds is 5. The molecule has 0 atom stereocenters. The molecule has 9 nitrogen and oxygen atoms in total. The number of carbonyl (C=O) groups is 1. The lowest BCUT2D eigenvalue weighted by atomic mass is 9.79. The molecule has 3 rings (SSSR count). The lowest BCUT2D eigenvalue weighted by Gasteiger charge is -2.35. The molecule has 26 heavy (non-hydrogen) atoms. The van der Waals surface area contributed by atoms with Crippen molar-refractivity contribution in [3.8, 4) is 0 Å². The maximum Gasteiger partial charge on any atom is 0.254 e. The van der Waals surface area contributed by atoms with Crippen molar-refractivity contribution in [2.24, 2.45) is 12.2 Å². The Bertz CT molecular complexity index is 953. The standard InChI is InChI=1S/C15H18FN5O4S/c1-21-13(7-22)19-20-14(21)8-4-9(5-8)18-15(23)11-6-10(26(17,24)25)2-3-12(11)16/h2-3,6,8-9,22H,4-5,7H2,1H3,(H,18,23)(H2,17,24,25). The number of nitrogens with two attached hydrogens (primary N) is 1. The van der Waals surface area contributed by atoms with Crippen molar-refractivity contribution in [1.29, 1.82) is 0 Å². The Hall–Kier alpha value is -2.37. The molecule has 0 aliphatic heterocycles. The van der Waals surface area contributed by atoms with E-state index in [9.17, 15) is 17.6 Å². The molecule has 1 aliphatic carbocycles. The number of primary sulfonamides is 1. The van der Waals surface area contributed by atoms with Crippen LogP contribution in [0.1, 0.15) is 40.8 Å². The summed E-state index contributed by atoms with van der Waals surface area (Å²) in [5.74, 6) is -0.299. The average Bonchev–Trinajstić information content (AvgIpc) is 2.90. The highest BCUT2D eigenvalue weighted by Gasteiger charge is 2.35. The highest BCUT2D eigenvalue weighted by molar-refractivity contribution is 7.89. The SMILES string of the molecule is Cn1c(CO)nnc1C1CC(NC(=O)c2cc(S(N)(=O)=O)ccc2F)C1. The van der Waals surface area contributed by atoms with E-state index >= 15 is 0 Å². The van der Waals surface area contributed by atoms with Gasteiger partial charge >= 0.3 is 0 Å². The second kappa shape index (κ2) is 6.74. The Balaban J connectivity index is 1.66. The van der Waals surface area contributed by atoms with Crippen LogP contribution in [-0.2, 0) is 23.7 Å². The first-order chi connectivity index (χ1) is 12.2. The summed E-state index contributed by atoms with van der Waals surface area (Å²) in [7, 11) is -2.28. The van der Waals surface area contributed by atoms with Crippen LogP contribution in [0.4, 0.5) is 4.39 Å². The highest BCUT2D eigenvalue weighted by atomic mass is 32.2. The first-order valence-electron chi connectivity index (χ1n) is 7.83. The zero-order valence-electron chi connectivity index (χ0n) is 13.9. The smallest absolute Gasteiger partial charge is 0.254 e. The van der Waals surface area contributed by atoms with Crippen LogP contribution in [0.2, 0.25) is 0 Å². The quantitative estimate of drug-likeness (QED) is 0.651. The molecule has 140 valence electrons. The monoisotopic (exact) mass is 383 g/mol. The molecule has 1 aliphatic rings. The first kappa shape index (κ1) is 18.4. The van der Waals surface area contributed by atoms with Gasteiger partial charge in [-0.3, -0.25) is 4.79 Å². The zero-order chi connectivity index (χ0) is 19.1. The number of amides is 1. The number of sulfonamides is 1. The first-order valence-corrected chi connectivity index (χ1v) is 9.37. The van der Waals surface area contributed by atoms with Crippen molar-refractivity contribution in [1.82, 2.24) is 20.1 Å². The number of aromatic nitrogens is 3. The van der Waals surface area contributed by atoms with Gasteiger partial charge in [0.1, 0.15) is 18.2 Å². The summed E-state index contributed by atoms with van der Waals surface area (Å²) in [5, 5.41) is 24.7. The fourth-order valence-corrected chi connectivity index (χ4v) is 3.47. The van der Waals surface area contributed by atoms with E-state index in [1.165, 1.54) is 0 Å². The van der Waals surface area contributed by atoms with Crippen LogP contribution in [0, 0.1) is 5.82 Å². The molecule has 4 N–H and O–H groups in total. The number of hydrogen-bond acceptors (Lipinski definition) is 6. The molecule has 1 aromatic heterocycles. The predicted molar refractivity (Wildman–Crippen MR) is 87.9 cm³/mol. The number of carbonyl (C=O) groups excluding carboxylic acids is 1. The van der Waals surface area contributed by atoms with Crippen LogP contribution >= 0.6 is 0 Å². The second-order valence-corrected chi connectivity index (χ2v) is 7.78. The fourth-order valence-electron chi connectivity index (χ4n) is 2.93. The predicted octanol–water partition coefficient (Wildman–Crippen LogP) is -0.230. The third-order valence-electron chi connectivity index (χ3n) is 4.49. The van der Waals surface area contributed by atoms with Gasteiger partial charge in [0.15, 0.2) is 5.82 Å².